The molecule has 15 heteroatoms. The minimum atomic E-state index is -5.03. The maximum Gasteiger partial charge on any atom is 0.416 e. The van der Waals surface area contributed by atoms with Crippen molar-refractivity contribution in [3.8, 4) is 11.4 Å². The molecular weight excluding hydrogens is 512 g/mol. The monoisotopic (exact) mass is 531 g/mol. The van der Waals surface area contributed by atoms with Crippen molar-refractivity contribution in [2.75, 3.05) is 5.32 Å². The molecule has 2 aromatic carbocycles. The highest BCUT2D eigenvalue weighted by molar-refractivity contribution is 7.80. The summed E-state index contributed by atoms with van der Waals surface area (Å²) in [6.07, 6.45) is -9.20. The van der Waals surface area contributed by atoms with Crippen LogP contribution in [0, 0.1) is 0 Å². The first-order valence-corrected chi connectivity index (χ1v) is 10.7. The van der Waals surface area contributed by atoms with Crippen molar-refractivity contribution in [2.45, 2.75) is 38.7 Å². The van der Waals surface area contributed by atoms with Crippen molar-refractivity contribution < 1.29 is 31.1 Å². The highest BCUT2D eigenvalue weighted by Crippen LogP contribution is 2.38. The number of amides is 1. The van der Waals surface area contributed by atoms with Gasteiger partial charge in [0, 0.05) is 11.3 Å². The van der Waals surface area contributed by atoms with E-state index in [-0.39, 0.29) is 11.2 Å². The summed E-state index contributed by atoms with van der Waals surface area (Å²) in [4.78, 5) is 13.2. The van der Waals surface area contributed by atoms with Gasteiger partial charge in [-0.3, -0.25) is 15.6 Å². The number of nitrogens with one attached hydrogen (secondary N) is 3. The van der Waals surface area contributed by atoms with Crippen molar-refractivity contribution in [3.63, 3.8) is 0 Å². The van der Waals surface area contributed by atoms with Gasteiger partial charge in [0.2, 0.25) is 5.82 Å². The number of aromatic nitrogens is 4. The van der Waals surface area contributed by atoms with Gasteiger partial charge in [-0.1, -0.05) is 19.1 Å². The number of rotatable bonds is 5. The minimum Gasteiger partial charge on any atom is -0.331 e. The van der Waals surface area contributed by atoms with E-state index in [1.165, 1.54) is 6.92 Å². The molecule has 1 amide bonds. The predicted octanol–water partition coefficient (Wildman–Crippen LogP) is 4.52. The number of halogens is 6. The molecule has 0 bridgehead atoms. The van der Waals surface area contributed by atoms with E-state index in [4.69, 9.17) is 12.2 Å². The summed E-state index contributed by atoms with van der Waals surface area (Å²) in [6, 6.07) is 7.21. The van der Waals surface area contributed by atoms with Gasteiger partial charge in [0.1, 0.15) is 0 Å². The number of alkyl halides is 6. The van der Waals surface area contributed by atoms with Crippen LogP contribution in [0.1, 0.15) is 36.6 Å². The Kier molecular flexibility index (Phi) is 7.81. The van der Waals surface area contributed by atoms with Gasteiger partial charge in [-0.15, -0.1) is 10.2 Å². The molecule has 0 fully saturated rings. The lowest BCUT2D eigenvalue weighted by atomic mass is 10.0. The SMILES string of the molecule is CCc1ccc(NC(=S)NNC(=O)[C@@H](C)n2nnc(-c3cc(C(F)(F)F)cc(C(F)(F)F)c3)n2)cc1. The number of nitrogens with zero attached hydrogens (tertiary/aromatic N) is 4. The lowest BCUT2D eigenvalue weighted by molar-refractivity contribution is -0.143. The van der Waals surface area contributed by atoms with E-state index in [0.717, 1.165) is 16.8 Å². The lowest BCUT2D eigenvalue weighted by Gasteiger charge is -2.14. The van der Waals surface area contributed by atoms with Crippen LogP contribution in [0.4, 0.5) is 32.0 Å². The number of aryl methyl sites for hydroxylation is 1. The molecule has 0 aliphatic heterocycles. The number of thiocarbonyl (C=S) groups is 1. The van der Waals surface area contributed by atoms with Crippen LogP contribution < -0.4 is 16.2 Å². The van der Waals surface area contributed by atoms with E-state index in [2.05, 4.69) is 31.6 Å². The van der Waals surface area contributed by atoms with Gasteiger partial charge in [-0.2, -0.15) is 31.1 Å². The molecule has 0 saturated heterocycles. The molecule has 3 rings (SSSR count). The zero-order chi connectivity index (χ0) is 26.7. The topological polar surface area (TPSA) is 96.8 Å². The highest BCUT2D eigenvalue weighted by Gasteiger charge is 2.37. The summed E-state index contributed by atoms with van der Waals surface area (Å²) in [6.45, 7) is 3.35. The number of hydrazine groups is 1. The Hall–Kier alpha value is -3.75. The van der Waals surface area contributed by atoms with Crippen LogP contribution in [-0.2, 0) is 23.6 Å². The van der Waals surface area contributed by atoms with Gasteiger partial charge >= 0.3 is 12.4 Å². The fourth-order valence-corrected chi connectivity index (χ4v) is 3.07. The highest BCUT2D eigenvalue weighted by atomic mass is 32.1. The Morgan fingerprint density at radius 3 is 2.11 bits per heavy atom. The van der Waals surface area contributed by atoms with Crippen molar-refractivity contribution in [3.05, 3.63) is 59.2 Å². The number of hydrogen-bond acceptors (Lipinski definition) is 5. The molecule has 1 heterocycles. The molecular formula is C21H19F6N7OS. The van der Waals surface area contributed by atoms with Crippen molar-refractivity contribution in [1.29, 1.82) is 0 Å². The number of benzene rings is 2. The Labute approximate surface area is 206 Å². The fourth-order valence-electron chi connectivity index (χ4n) is 2.90. The first-order valence-electron chi connectivity index (χ1n) is 10.3. The van der Waals surface area contributed by atoms with Crippen molar-refractivity contribution in [1.82, 2.24) is 31.1 Å². The second-order valence-corrected chi connectivity index (χ2v) is 7.93. The maximum absolute atomic E-state index is 13.1. The summed E-state index contributed by atoms with van der Waals surface area (Å²) >= 11 is 5.10. The standard InChI is InChI=1S/C21H19F6N7OS/c1-3-12-4-6-16(7-5-12)28-19(36)31-30-18(35)11(2)34-32-17(29-33-34)13-8-14(20(22,23)24)10-15(9-13)21(25,26)27/h4-11H,3H2,1-2H3,(H,30,35)(H2,28,31,36)/t11-/m1/s1. The number of tetrazole rings is 1. The molecule has 3 aromatic rings. The average molecular weight is 531 g/mol. The fraction of sp³-hybridized carbons (Fsp3) is 0.286. The van der Waals surface area contributed by atoms with E-state index < -0.39 is 46.8 Å². The van der Waals surface area contributed by atoms with Crippen LogP contribution in [0.3, 0.4) is 0 Å². The molecule has 1 atom stereocenters. The van der Waals surface area contributed by atoms with Gasteiger partial charge in [-0.05, 0) is 66.7 Å². The number of hydrogen-bond donors (Lipinski definition) is 3. The van der Waals surface area contributed by atoms with Crippen LogP contribution in [0.15, 0.2) is 42.5 Å². The van der Waals surface area contributed by atoms with Crippen LogP contribution >= 0.6 is 12.2 Å². The summed E-state index contributed by atoms with van der Waals surface area (Å²) in [5.41, 5.74) is 2.98. The van der Waals surface area contributed by atoms with Gasteiger partial charge in [0.05, 0.1) is 11.1 Å². The molecule has 0 unspecified atom stereocenters. The quantitative estimate of drug-likeness (QED) is 0.253. The Bertz CT molecular complexity index is 1210. The smallest absolute Gasteiger partial charge is 0.331 e. The molecule has 36 heavy (non-hydrogen) atoms. The molecule has 1 aromatic heterocycles. The van der Waals surface area contributed by atoms with Gasteiger partial charge in [0.15, 0.2) is 11.2 Å². The first-order chi connectivity index (χ1) is 16.8. The Morgan fingerprint density at radius 2 is 1.58 bits per heavy atom. The molecule has 0 spiro atoms. The number of carbonyl (C=O) groups is 1. The first kappa shape index (κ1) is 26.8. The van der Waals surface area contributed by atoms with E-state index in [0.29, 0.717) is 17.8 Å². The molecule has 0 aliphatic rings. The van der Waals surface area contributed by atoms with E-state index in [9.17, 15) is 31.1 Å². The molecule has 192 valence electrons. The van der Waals surface area contributed by atoms with Crippen LogP contribution in [-0.4, -0.2) is 31.2 Å². The van der Waals surface area contributed by atoms with E-state index in [1.807, 2.05) is 19.1 Å². The minimum absolute atomic E-state index is 0.00917. The van der Waals surface area contributed by atoms with Gasteiger partial charge in [0.25, 0.3) is 5.91 Å². The molecule has 0 saturated carbocycles. The predicted molar refractivity (Wildman–Crippen MR) is 121 cm³/mol. The molecule has 0 aliphatic carbocycles. The van der Waals surface area contributed by atoms with Gasteiger partial charge < -0.3 is 5.32 Å². The Morgan fingerprint density at radius 1 is 1.00 bits per heavy atom. The second kappa shape index (κ2) is 10.5. The van der Waals surface area contributed by atoms with Crippen LogP contribution in [0.25, 0.3) is 11.4 Å². The summed E-state index contributed by atoms with van der Waals surface area (Å²) in [5, 5.41) is 13.8. The summed E-state index contributed by atoms with van der Waals surface area (Å²) in [5.74, 6) is -1.23. The number of anilines is 1. The molecule has 0 radical (unpaired) electrons. The van der Waals surface area contributed by atoms with Crippen molar-refractivity contribution in [2.24, 2.45) is 0 Å². The molecule has 3 N–H and O–H groups in total. The number of carbonyl (C=O) groups excluding carboxylic acids is 1. The third-order valence-corrected chi connectivity index (χ3v) is 5.12. The van der Waals surface area contributed by atoms with E-state index >= 15 is 0 Å². The zero-order valence-electron chi connectivity index (χ0n) is 18.7. The third-order valence-electron chi connectivity index (χ3n) is 4.92. The average Bonchev–Trinajstić information content (AvgIpc) is 3.31. The van der Waals surface area contributed by atoms with Gasteiger partial charge in [-0.25, -0.2) is 0 Å². The second-order valence-electron chi connectivity index (χ2n) is 7.52. The van der Waals surface area contributed by atoms with Crippen LogP contribution in [0.2, 0.25) is 0 Å². The summed E-state index contributed by atoms with van der Waals surface area (Å²) in [7, 11) is 0. The largest absolute Gasteiger partial charge is 0.416 e. The normalized spacial score (nSPS) is 12.7. The van der Waals surface area contributed by atoms with Crippen LogP contribution in [0.5, 0.6) is 0 Å². The Balaban J connectivity index is 1.69. The maximum atomic E-state index is 13.1. The molecule has 8 nitrogen and oxygen atoms in total. The zero-order valence-corrected chi connectivity index (χ0v) is 19.5. The third kappa shape index (κ3) is 6.68. The van der Waals surface area contributed by atoms with E-state index in [1.54, 1.807) is 12.1 Å². The lowest BCUT2D eigenvalue weighted by Crippen LogP contribution is -2.46. The summed E-state index contributed by atoms with van der Waals surface area (Å²) < 4.78 is 78.6. The van der Waals surface area contributed by atoms with Crippen molar-refractivity contribution >= 4 is 28.9 Å².